The van der Waals surface area contributed by atoms with E-state index in [-0.39, 0.29) is 0 Å². The largest absolute Gasteiger partial charge is 0.356 e. The molecule has 1 nitrogen and oxygen atoms in total. The zero-order valence-electron chi connectivity index (χ0n) is 18.7. The molecule has 0 heterocycles. The van der Waals surface area contributed by atoms with E-state index in [1.807, 2.05) is 0 Å². The van der Waals surface area contributed by atoms with Gasteiger partial charge in [0.15, 0.2) is 0 Å². The van der Waals surface area contributed by atoms with Crippen LogP contribution in [0.5, 0.6) is 0 Å². The summed E-state index contributed by atoms with van der Waals surface area (Å²) in [4.78, 5) is 0. The van der Waals surface area contributed by atoms with E-state index in [0.717, 1.165) is 11.4 Å². The Morgan fingerprint density at radius 2 is 1.16 bits per heavy atom. The van der Waals surface area contributed by atoms with Gasteiger partial charge in [0.1, 0.15) is 0 Å². The molecule has 4 rings (SSSR count). The topological polar surface area (TPSA) is 12.0 Å². The second kappa shape index (κ2) is 9.06. The maximum Gasteiger partial charge on any atom is 0.0387 e. The van der Waals surface area contributed by atoms with Gasteiger partial charge < -0.3 is 5.32 Å². The first-order valence-electron chi connectivity index (χ1n) is 10.8. The second-order valence-electron chi connectivity index (χ2n) is 8.27. The summed E-state index contributed by atoms with van der Waals surface area (Å²) in [5.41, 5.74) is 12.3. The molecule has 0 aromatic heterocycles. The van der Waals surface area contributed by atoms with Gasteiger partial charge >= 0.3 is 0 Å². The first-order valence-corrected chi connectivity index (χ1v) is 10.8. The molecule has 0 aliphatic rings. The Balaban J connectivity index is 1.65. The first kappa shape index (κ1) is 20.7. The molecule has 0 amide bonds. The van der Waals surface area contributed by atoms with Crippen molar-refractivity contribution in [3.63, 3.8) is 0 Å². The van der Waals surface area contributed by atoms with Gasteiger partial charge in [0, 0.05) is 11.4 Å². The minimum Gasteiger partial charge on any atom is -0.356 e. The molecule has 0 spiro atoms. The van der Waals surface area contributed by atoms with Crippen molar-refractivity contribution in [2.45, 2.75) is 27.7 Å². The van der Waals surface area contributed by atoms with E-state index in [1.54, 1.807) is 0 Å². The van der Waals surface area contributed by atoms with Crippen LogP contribution in [-0.2, 0) is 0 Å². The van der Waals surface area contributed by atoms with Crippen LogP contribution >= 0.6 is 0 Å². The lowest BCUT2D eigenvalue weighted by Crippen LogP contribution is -1.93. The monoisotopic (exact) mass is 403 g/mol. The molecule has 1 N–H and O–H groups in total. The highest BCUT2D eigenvalue weighted by atomic mass is 14.9. The van der Waals surface area contributed by atoms with Crippen molar-refractivity contribution >= 4 is 23.0 Å². The van der Waals surface area contributed by atoms with Gasteiger partial charge in [-0.2, -0.15) is 0 Å². The Labute approximate surface area is 186 Å². The number of aryl methyl sites for hydroxylation is 4. The standard InChI is InChI=1S/C30H29N/c1-21-10-14-27(18-23(21)3)30(26-8-6-5-7-9-26)20-25-12-16-28(17-13-25)31-29-15-11-22(2)24(4)19-29/h5-20,31H,1-4H3. The van der Waals surface area contributed by atoms with Gasteiger partial charge in [-0.1, -0.05) is 66.7 Å². The molecule has 0 saturated heterocycles. The van der Waals surface area contributed by atoms with Crippen LogP contribution in [0, 0.1) is 27.7 Å². The molecule has 0 bridgehead atoms. The zero-order valence-corrected chi connectivity index (χ0v) is 18.7. The van der Waals surface area contributed by atoms with Crippen molar-refractivity contribution in [1.82, 2.24) is 0 Å². The molecule has 0 atom stereocenters. The van der Waals surface area contributed by atoms with Gasteiger partial charge in [0.25, 0.3) is 0 Å². The third-order valence-corrected chi connectivity index (χ3v) is 5.92. The lowest BCUT2D eigenvalue weighted by molar-refractivity contribution is 1.33. The minimum absolute atomic E-state index is 1.09. The van der Waals surface area contributed by atoms with Crippen LogP contribution in [0.4, 0.5) is 11.4 Å². The van der Waals surface area contributed by atoms with Crippen LogP contribution in [0.2, 0.25) is 0 Å². The smallest absolute Gasteiger partial charge is 0.0387 e. The molecule has 0 fully saturated rings. The van der Waals surface area contributed by atoms with E-state index in [1.165, 1.54) is 44.5 Å². The SMILES string of the molecule is Cc1ccc(Nc2ccc(C=C(c3ccccc3)c3ccc(C)c(C)c3)cc2)cc1C. The van der Waals surface area contributed by atoms with Gasteiger partial charge in [-0.15, -0.1) is 0 Å². The molecule has 1 heteroatoms. The summed E-state index contributed by atoms with van der Waals surface area (Å²) >= 11 is 0. The predicted octanol–water partition coefficient (Wildman–Crippen LogP) is 8.25. The fourth-order valence-corrected chi connectivity index (χ4v) is 3.68. The first-order chi connectivity index (χ1) is 15.0. The van der Waals surface area contributed by atoms with Crippen molar-refractivity contribution in [3.8, 4) is 0 Å². The fraction of sp³-hybridized carbons (Fsp3) is 0.133. The summed E-state index contributed by atoms with van der Waals surface area (Å²) < 4.78 is 0. The normalized spacial score (nSPS) is 11.4. The van der Waals surface area contributed by atoms with E-state index >= 15 is 0 Å². The lowest BCUT2D eigenvalue weighted by atomic mass is 9.93. The fourth-order valence-electron chi connectivity index (χ4n) is 3.68. The Bertz CT molecular complexity index is 1220. The van der Waals surface area contributed by atoms with Crippen LogP contribution < -0.4 is 5.32 Å². The number of hydrogen-bond donors (Lipinski definition) is 1. The van der Waals surface area contributed by atoms with E-state index < -0.39 is 0 Å². The molecule has 4 aromatic rings. The highest BCUT2D eigenvalue weighted by Gasteiger charge is 2.07. The molecule has 0 radical (unpaired) electrons. The Hall–Kier alpha value is -3.58. The number of anilines is 2. The molecular formula is C30H29N. The number of hydrogen-bond acceptors (Lipinski definition) is 1. The third-order valence-electron chi connectivity index (χ3n) is 5.92. The number of rotatable bonds is 5. The maximum atomic E-state index is 3.51. The van der Waals surface area contributed by atoms with Crippen molar-refractivity contribution in [2.24, 2.45) is 0 Å². The summed E-state index contributed by atoms with van der Waals surface area (Å²) in [6, 6.07) is 32.4. The third kappa shape index (κ3) is 4.95. The molecular weight excluding hydrogens is 374 g/mol. The van der Waals surface area contributed by atoms with E-state index in [9.17, 15) is 0 Å². The van der Waals surface area contributed by atoms with Gasteiger partial charge in [0.05, 0.1) is 0 Å². The lowest BCUT2D eigenvalue weighted by Gasteiger charge is -2.12. The zero-order chi connectivity index (χ0) is 21.8. The van der Waals surface area contributed by atoms with Crippen LogP contribution in [-0.4, -0.2) is 0 Å². The second-order valence-corrected chi connectivity index (χ2v) is 8.27. The average molecular weight is 404 g/mol. The number of benzene rings is 4. The van der Waals surface area contributed by atoms with Crippen molar-refractivity contribution < 1.29 is 0 Å². The molecule has 0 aliphatic carbocycles. The summed E-state index contributed by atoms with van der Waals surface area (Å²) in [7, 11) is 0. The summed E-state index contributed by atoms with van der Waals surface area (Å²) in [5, 5.41) is 3.51. The molecule has 4 aromatic carbocycles. The number of nitrogens with one attached hydrogen (secondary N) is 1. The quantitative estimate of drug-likeness (QED) is 0.331. The summed E-state index contributed by atoms with van der Waals surface area (Å²) in [6.07, 6.45) is 2.28. The predicted molar refractivity (Wildman–Crippen MR) is 135 cm³/mol. The molecule has 31 heavy (non-hydrogen) atoms. The Morgan fingerprint density at radius 1 is 0.548 bits per heavy atom. The van der Waals surface area contributed by atoms with Gasteiger partial charge in [0.2, 0.25) is 0 Å². The van der Waals surface area contributed by atoms with Crippen molar-refractivity contribution in [3.05, 3.63) is 130 Å². The van der Waals surface area contributed by atoms with Gasteiger partial charge in [-0.05, 0) is 103 Å². The van der Waals surface area contributed by atoms with E-state index in [0.29, 0.717) is 0 Å². The molecule has 154 valence electrons. The highest BCUT2D eigenvalue weighted by molar-refractivity contribution is 5.91. The van der Waals surface area contributed by atoms with E-state index in [2.05, 4.69) is 130 Å². The van der Waals surface area contributed by atoms with Crippen LogP contribution in [0.25, 0.3) is 11.6 Å². The van der Waals surface area contributed by atoms with Crippen LogP contribution in [0.1, 0.15) is 38.9 Å². The van der Waals surface area contributed by atoms with Gasteiger partial charge in [-0.25, -0.2) is 0 Å². The minimum atomic E-state index is 1.09. The molecule has 0 saturated carbocycles. The maximum absolute atomic E-state index is 3.51. The molecule has 0 unspecified atom stereocenters. The van der Waals surface area contributed by atoms with Crippen LogP contribution in [0.3, 0.4) is 0 Å². The van der Waals surface area contributed by atoms with E-state index in [4.69, 9.17) is 0 Å². The average Bonchev–Trinajstić information content (AvgIpc) is 2.78. The Kier molecular flexibility index (Phi) is 6.04. The molecule has 0 aliphatic heterocycles. The van der Waals surface area contributed by atoms with Crippen molar-refractivity contribution in [2.75, 3.05) is 5.32 Å². The van der Waals surface area contributed by atoms with Crippen LogP contribution in [0.15, 0.2) is 91.0 Å². The summed E-state index contributed by atoms with van der Waals surface area (Å²) in [5.74, 6) is 0. The highest BCUT2D eigenvalue weighted by Crippen LogP contribution is 2.28. The van der Waals surface area contributed by atoms with Gasteiger partial charge in [-0.3, -0.25) is 0 Å². The Morgan fingerprint density at radius 3 is 1.81 bits per heavy atom. The van der Waals surface area contributed by atoms with Crippen molar-refractivity contribution in [1.29, 1.82) is 0 Å². The summed E-state index contributed by atoms with van der Waals surface area (Å²) in [6.45, 7) is 8.62.